The Labute approximate surface area is 171 Å². The van der Waals surface area contributed by atoms with E-state index >= 15 is 0 Å². The molecule has 1 saturated heterocycles. The minimum Gasteiger partial charge on any atom is -0.452 e. The van der Waals surface area contributed by atoms with Crippen molar-refractivity contribution in [1.29, 1.82) is 0 Å². The number of carbonyl (C=O) groups is 4. The van der Waals surface area contributed by atoms with Gasteiger partial charge < -0.3 is 14.4 Å². The topological polar surface area (TPSA) is 90.0 Å². The first kappa shape index (κ1) is 19.3. The van der Waals surface area contributed by atoms with E-state index in [1.807, 2.05) is 0 Å². The zero-order chi connectivity index (χ0) is 20.5. The molecule has 0 atom stereocenters. The largest absolute Gasteiger partial charge is 0.452 e. The number of amides is 1. The van der Waals surface area contributed by atoms with Gasteiger partial charge in [-0.1, -0.05) is 35.9 Å². The van der Waals surface area contributed by atoms with Crippen LogP contribution in [0, 0.1) is 0 Å². The van der Waals surface area contributed by atoms with Gasteiger partial charge in [-0.3, -0.25) is 14.4 Å². The molecule has 2 aliphatic rings. The van der Waals surface area contributed by atoms with Crippen LogP contribution in [0.1, 0.15) is 42.2 Å². The van der Waals surface area contributed by atoms with Crippen molar-refractivity contribution in [1.82, 2.24) is 4.90 Å². The second kappa shape index (κ2) is 7.77. The molecule has 29 heavy (non-hydrogen) atoms. The Morgan fingerprint density at radius 1 is 0.966 bits per heavy atom. The maximum absolute atomic E-state index is 12.9. The molecule has 1 heterocycles. The standard InChI is InChI=1S/C21H16ClNO6/c22-18-15(21(27)29-11-16(24)23-7-9-28-10-8-23)6-5-14-17(18)20(26)13-4-2-1-3-12(13)19(14)25/h1-6H,7-11H2. The number of hydrogen-bond donors (Lipinski definition) is 0. The summed E-state index contributed by atoms with van der Waals surface area (Å²) in [5.74, 6) is -1.94. The quantitative estimate of drug-likeness (QED) is 0.611. The molecule has 0 saturated carbocycles. The SMILES string of the molecule is O=C(OCC(=O)N1CCOCC1)c1ccc2c(c1Cl)C(=O)c1ccccc1C2=O. The van der Waals surface area contributed by atoms with Crippen LogP contribution in [-0.4, -0.2) is 61.3 Å². The third kappa shape index (κ3) is 3.43. The smallest absolute Gasteiger partial charge is 0.340 e. The molecule has 1 amide bonds. The van der Waals surface area contributed by atoms with Crippen LogP contribution in [0.3, 0.4) is 0 Å². The van der Waals surface area contributed by atoms with Gasteiger partial charge in [0.2, 0.25) is 0 Å². The lowest BCUT2D eigenvalue weighted by Gasteiger charge is -2.26. The maximum atomic E-state index is 12.9. The van der Waals surface area contributed by atoms with Crippen molar-refractivity contribution in [2.75, 3.05) is 32.9 Å². The Morgan fingerprint density at radius 3 is 2.31 bits per heavy atom. The van der Waals surface area contributed by atoms with Gasteiger partial charge in [0.1, 0.15) is 0 Å². The minimum atomic E-state index is -0.835. The zero-order valence-electron chi connectivity index (χ0n) is 15.3. The molecule has 1 aliphatic heterocycles. The highest BCUT2D eigenvalue weighted by Crippen LogP contribution is 2.34. The molecule has 0 unspecified atom stereocenters. The van der Waals surface area contributed by atoms with Crippen LogP contribution >= 0.6 is 11.6 Å². The Kier molecular flexibility index (Phi) is 5.17. The van der Waals surface area contributed by atoms with Gasteiger partial charge in [-0.15, -0.1) is 0 Å². The summed E-state index contributed by atoms with van der Waals surface area (Å²) >= 11 is 6.33. The molecular weight excluding hydrogens is 398 g/mol. The van der Waals surface area contributed by atoms with Crippen molar-refractivity contribution in [3.63, 3.8) is 0 Å². The molecular formula is C21H16ClNO6. The first-order chi connectivity index (χ1) is 14.0. The van der Waals surface area contributed by atoms with Gasteiger partial charge in [0.25, 0.3) is 5.91 Å². The number of morpholine rings is 1. The predicted molar refractivity (Wildman–Crippen MR) is 102 cm³/mol. The van der Waals surface area contributed by atoms with Crippen molar-refractivity contribution < 1.29 is 28.7 Å². The van der Waals surface area contributed by atoms with Crippen molar-refractivity contribution in [2.45, 2.75) is 0 Å². The molecule has 0 spiro atoms. The number of ether oxygens (including phenoxy) is 2. The average Bonchev–Trinajstić information content (AvgIpc) is 2.76. The molecule has 1 fully saturated rings. The average molecular weight is 414 g/mol. The number of nitrogens with zero attached hydrogens (tertiary/aromatic N) is 1. The Balaban J connectivity index is 1.57. The van der Waals surface area contributed by atoms with Gasteiger partial charge in [-0.25, -0.2) is 4.79 Å². The number of carbonyl (C=O) groups excluding carboxylic acids is 4. The summed E-state index contributed by atoms with van der Waals surface area (Å²) in [6, 6.07) is 9.17. The second-order valence-electron chi connectivity index (χ2n) is 6.62. The van der Waals surface area contributed by atoms with Crippen molar-refractivity contribution in [3.05, 3.63) is 69.2 Å². The second-order valence-corrected chi connectivity index (χ2v) is 7.00. The van der Waals surface area contributed by atoms with Crippen LogP contribution in [0.15, 0.2) is 36.4 Å². The van der Waals surface area contributed by atoms with Crippen LogP contribution in [0.25, 0.3) is 0 Å². The van der Waals surface area contributed by atoms with E-state index in [0.717, 1.165) is 0 Å². The predicted octanol–water partition coefficient (Wildman–Crippen LogP) is 2.13. The molecule has 7 nitrogen and oxygen atoms in total. The highest BCUT2D eigenvalue weighted by molar-refractivity contribution is 6.41. The number of benzene rings is 2. The number of esters is 1. The summed E-state index contributed by atoms with van der Waals surface area (Å²) in [5.41, 5.74) is 0.581. The van der Waals surface area contributed by atoms with E-state index < -0.39 is 18.4 Å². The lowest BCUT2D eigenvalue weighted by atomic mass is 9.83. The summed E-state index contributed by atoms with van der Waals surface area (Å²) in [6.45, 7) is 1.31. The van der Waals surface area contributed by atoms with E-state index in [2.05, 4.69) is 0 Å². The van der Waals surface area contributed by atoms with Gasteiger partial charge in [-0.05, 0) is 12.1 Å². The number of halogens is 1. The first-order valence-electron chi connectivity index (χ1n) is 9.02. The fraction of sp³-hybridized carbons (Fsp3) is 0.238. The van der Waals surface area contributed by atoms with Gasteiger partial charge in [0.15, 0.2) is 18.2 Å². The molecule has 0 bridgehead atoms. The summed E-state index contributed by atoms with van der Waals surface area (Å²) in [4.78, 5) is 51.7. The first-order valence-corrected chi connectivity index (χ1v) is 9.40. The lowest BCUT2D eigenvalue weighted by molar-refractivity contribution is -0.138. The van der Waals surface area contributed by atoms with E-state index in [0.29, 0.717) is 31.9 Å². The normalized spacial score (nSPS) is 15.6. The highest BCUT2D eigenvalue weighted by atomic mass is 35.5. The van der Waals surface area contributed by atoms with Gasteiger partial charge in [0.05, 0.1) is 29.4 Å². The van der Waals surface area contributed by atoms with Crippen LogP contribution in [0.4, 0.5) is 0 Å². The number of rotatable bonds is 3. The molecule has 1 aliphatic carbocycles. The molecule has 0 N–H and O–H groups in total. The van der Waals surface area contributed by atoms with Gasteiger partial charge in [-0.2, -0.15) is 0 Å². The fourth-order valence-electron chi connectivity index (χ4n) is 3.41. The number of hydrogen-bond acceptors (Lipinski definition) is 6. The summed E-state index contributed by atoms with van der Waals surface area (Å²) < 4.78 is 10.3. The van der Waals surface area contributed by atoms with E-state index in [4.69, 9.17) is 21.1 Å². The van der Waals surface area contributed by atoms with Crippen LogP contribution in [-0.2, 0) is 14.3 Å². The summed E-state index contributed by atoms with van der Waals surface area (Å²) in [5, 5.41) is -0.154. The van der Waals surface area contributed by atoms with Crippen LogP contribution in [0.2, 0.25) is 5.02 Å². The van der Waals surface area contributed by atoms with E-state index in [1.165, 1.54) is 12.1 Å². The van der Waals surface area contributed by atoms with E-state index in [9.17, 15) is 19.2 Å². The molecule has 2 aromatic carbocycles. The molecule has 4 rings (SSSR count). The zero-order valence-corrected chi connectivity index (χ0v) is 16.0. The van der Waals surface area contributed by atoms with Crippen LogP contribution < -0.4 is 0 Å². The van der Waals surface area contributed by atoms with Gasteiger partial charge in [0, 0.05) is 29.8 Å². The third-order valence-electron chi connectivity index (χ3n) is 4.94. The van der Waals surface area contributed by atoms with Crippen molar-refractivity contribution in [3.8, 4) is 0 Å². The highest BCUT2D eigenvalue weighted by Gasteiger charge is 2.33. The van der Waals surface area contributed by atoms with Crippen molar-refractivity contribution >= 4 is 35.0 Å². The summed E-state index contributed by atoms with van der Waals surface area (Å²) in [7, 11) is 0. The van der Waals surface area contributed by atoms with Gasteiger partial charge >= 0.3 is 5.97 Å². The Hall–Kier alpha value is -3.03. The maximum Gasteiger partial charge on any atom is 0.340 e. The minimum absolute atomic E-state index is 0.0238. The third-order valence-corrected chi connectivity index (χ3v) is 5.33. The van der Waals surface area contributed by atoms with Crippen LogP contribution in [0.5, 0.6) is 0 Å². The van der Waals surface area contributed by atoms with Crippen molar-refractivity contribution in [2.24, 2.45) is 0 Å². The number of ketones is 2. The van der Waals surface area contributed by atoms with E-state index in [1.54, 1.807) is 29.2 Å². The monoisotopic (exact) mass is 413 g/mol. The lowest BCUT2D eigenvalue weighted by Crippen LogP contribution is -2.42. The van der Waals surface area contributed by atoms with E-state index in [-0.39, 0.29) is 39.0 Å². The Morgan fingerprint density at radius 2 is 1.62 bits per heavy atom. The Bertz CT molecular complexity index is 1040. The number of fused-ring (bicyclic) bond motifs is 2. The molecule has 2 aromatic rings. The fourth-order valence-corrected chi connectivity index (χ4v) is 3.74. The molecule has 8 heteroatoms. The molecule has 0 radical (unpaired) electrons. The molecule has 148 valence electrons. The molecule has 0 aromatic heterocycles. The summed E-state index contributed by atoms with van der Waals surface area (Å²) in [6.07, 6.45) is 0.